The summed E-state index contributed by atoms with van der Waals surface area (Å²) in [4.78, 5) is 9.13. The van der Waals surface area contributed by atoms with Crippen LogP contribution in [0, 0.1) is 0 Å². The number of anilines is 2. The molecule has 0 aliphatic rings. The normalized spacial score (nSPS) is 11.1. The summed E-state index contributed by atoms with van der Waals surface area (Å²) in [7, 11) is 1.67. The van der Waals surface area contributed by atoms with E-state index in [1.54, 1.807) is 29.8 Å². The smallest absolute Gasteiger partial charge is 0.190 e. The quantitative estimate of drug-likeness (QED) is 0.597. The molecule has 2 aromatic carbocycles. The van der Waals surface area contributed by atoms with Gasteiger partial charge < -0.3 is 10.1 Å². The Hall–Kier alpha value is -2.18. The highest BCUT2D eigenvalue weighted by molar-refractivity contribution is 7.24. The predicted molar refractivity (Wildman–Crippen MR) is 89.1 cm³/mol. The number of para-hydroxylation sites is 1. The van der Waals surface area contributed by atoms with Gasteiger partial charge in [-0.05, 0) is 30.3 Å². The molecule has 0 radical (unpaired) electrons. The van der Waals surface area contributed by atoms with E-state index in [-0.39, 0.29) is 0 Å². The number of aromatic nitrogens is 2. The van der Waals surface area contributed by atoms with Crippen LogP contribution < -0.4 is 10.1 Å². The Labute approximate surface area is 129 Å². The maximum absolute atomic E-state index is 5.24. The van der Waals surface area contributed by atoms with Gasteiger partial charge in [-0.2, -0.15) is 0 Å². The van der Waals surface area contributed by atoms with Gasteiger partial charge in [0.25, 0.3) is 0 Å². The summed E-state index contributed by atoms with van der Waals surface area (Å²) in [5.74, 6) is 0.845. The van der Waals surface area contributed by atoms with Crippen LogP contribution in [0.4, 0.5) is 10.3 Å². The molecule has 2 aromatic heterocycles. The highest BCUT2D eigenvalue weighted by Gasteiger charge is 2.08. The van der Waals surface area contributed by atoms with Crippen LogP contribution in [0.15, 0.2) is 42.5 Å². The minimum absolute atomic E-state index is 0.845. The topological polar surface area (TPSA) is 47.0 Å². The zero-order valence-corrected chi connectivity index (χ0v) is 12.8. The van der Waals surface area contributed by atoms with E-state index in [1.165, 1.54) is 4.70 Å². The summed E-state index contributed by atoms with van der Waals surface area (Å²) < 4.78 is 7.50. The first-order valence-corrected chi connectivity index (χ1v) is 8.02. The van der Waals surface area contributed by atoms with Crippen molar-refractivity contribution < 1.29 is 4.74 Å². The summed E-state index contributed by atoms with van der Waals surface area (Å²) >= 11 is 3.23. The molecule has 4 rings (SSSR count). The van der Waals surface area contributed by atoms with Crippen molar-refractivity contribution in [2.75, 3.05) is 12.4 Å². The molecule has 0 saturated carbocycles. The Morgan fingerprint density at radius 2 is 1.62 bits per heavy atom. The van der Waals surface area contributed by atoms with Crippen LogP contribution in [0.5, 0.6) is 5.75 Å². The van der Waals surface area contributed by atoms with Crippen LogP contribution in [0.25, 0.3) is 20.4 Å². The lowest BCUT2D eigenvalue weighted by Gasteiger charge is -1.96. The molecule has 0 amide bonds. The average molecular weight is 313 g/mol. The van der Waals surface area contributed by atoms with Gasteiger partial charge in [0.1, 0.15) is 5.75 Å². The van der Waals surface area contributed by atoms with Crippen molar-refractivity contribution in [1.82, 2.24) is 9.97 Å². The van der Waals surface area contributed by atoms with Crippen LogP contribution in [-0.2, 0) is 0 Å². The molecule has 0 fully saturated rings. The third-order valence-corrected chi connectivity index (χ3v) is 4.99. The van der Waals surface area contributed by atoms with Gasteiger partial charge in [-0.3, -0.25) is 0 Å². The lowest BCUT2D eigenvalue weighted by molar-refractivity contribution is 0.415. The second kappa shape index (κ2) is 4.98. The van der Waals surface area contributed by atoms with E-state index in [0.29, 0.717) is 0 Å². The Morgan fingerprint density at radius 3 is 2.38 bits per heavy atom. The van der Waals surface area contributed by atoms with E-state index in [0.717, 1.165) is 31.7 Å². The van der Waals surface area contributed by atoms with Crippen molar-refractivity contribution in [3.05, 3.63) is 42.5 Å². The van der Waals surface area contributed by atoms with Crippen molar-refractivity contribution in [1.29, 1.82) is 0 Å². The van der Waals surface area contributed by atoms with Gasteiger partial charge in [-0.15, -0.1) is 0 Å². The van der Waals surface area contributed by atoms with E-state index < -0.39 is 0 Å². The summed E-state index contributed by atoms with van der Waals surface area (Å²) in [6, 6.07) is 14.0. The molecular weight excluding hydrogens is 302 g/mol. The van der Waals surface area contributed by atoms with Gasteiger partial charge in [-0.25, -0.2) is 9.97 Å². The zero-order chi connectivity index (χ0) is 14.2. The Morgan fingerprint density at radius 1 is 0.905 bits per heavy atom. The number of hydrogen-bond donors (Lipinski definition) is 1. The van der Waals surface area contributed by atoms with Crippen LogP contribution in [0.1, 0.15) is 0 Å². The SMILES string of the molecule is COc1ccc2nc(Nc3nc4ccccc4s3)sc2c1. The molecule has 0 spiro atoms. The van der Waals surface area contributed by atoms with Gasteiger partial charge in [0.15, 0.2) is 10.3 Å². The van der Waals surface area contributed by atoms with Crippen LogP contribution >= 0.6 is 22.7 Å². The molecule has 0 saturated heterocycles. The van der Waals surface area contributed by atoms with E-state index in [4.69, 9.17) is 4.74 Å². The maximum atomic E-state index is 5.24. The monoisotopic (exact) mass is 313 g/mol. The molecular formula is C15H11N3OS2. The number of ether oxygens (including phenoxy) is 1. The molecule has 2 heterocycles. The fourth-order valence-corrected chi connectivity index (χ4v) is 3.93. The lowest BCUT2D eigenvalue weighted by atomic mass is 10.3. The highest BCUT2D eigenvalue weighted by atomic mass is 32.1. The van der Waals surface area contributed by atoms with Gasteiger partial charge in [0.05, 0.1) is 27.5 Å². The number of nitrogens with zero attached hydrogens (tertiary/aromatic N) is 2. The van der Waals surface area contributed by atoms with Gasteiger partial charge in [0.2, 0.25) is 0 Å². The highest BCUT2D eigenvalue weighted by Crippen LogP contribution is 2.33. The van der Waals surface area contributed by atoms with E-state index in [2.05, 4.69) is 21.4 Å². The van der Waals surface area contributed by atoms with Crippen LogP contribution in [0.2, 0.25) is 0 Å². The molecule has 0 aliphatic carbocycles. The van der Waals surface area contributed by atoms with Crippen molar-refractivity contribution >= 4 is 53.4 Å². The lowest BCUT2D eigenvalue weighted by Crippen LogP contribution is -1.87. The fraction of sp³-hybridized carbons (Fsp3) is 0.0667. The second-order valence-electron chi connectivity index (χ2n) is 4.46. The molecule has 0 atom stereocenters. The first-order valence-electron chi connectivity index (χ1n) is 6.39. The van der Waals surface area contributed by atoms with Crippen molar-refractivity contribution in [3.8, 4) is 5.75 Å². The van der Waals surface area contributed by atoms with Gasteiger partial charge in [-0.1, -0.05) is 34.8 Å². The number of thiazole rings is 2. The van der Waals surface area contributed by atoms with E-state index >= 15 is 0 Å². The molecule has 1 N–H and O–H groups in total. The molecule has 4 nitrogen and oxygen atoms in total. The maximum Gasteiger partial charge on any atom is 0.190 e. The van der Waals surface area contributed by atoms with Crippen LogP contribution in [-0.4, -0.2) is 17.1 Å². The second-order valence-corrected chi connectivity index (χ2v) is 6.53. The number of benzene rings is 2. The molecule has 4 aromatic rings. The van der Waals surface area contributed by atoms with Crippen molar-refractivity contribution in [2.45, 2.75) is 0 Å². The minimum Gasteiger partial charge on any atom is -0.497 e. The third-order valence-electron chi connectivity index (χ3n) is 3.10. The number of rotatable bonds is 3. The Balaban J connectivity index is 1.69. The third kappa shape index (κ3) is 2.32. The Bertz CT molecular complexity index is 896. The zero-order valence-electron chi connectivity index (χ0n) is 11.2. The Kier molecular flexibility index (Phi) is 2.98. The number of fused-ring (bicyclic) bond motifs is 2. The first kappa shape index (κ1) is 12.6. The molecule has 104 valence electrons. The summed E-state index contributed by atoms with van der Waals surface area (Å²) in [6.45, 7) is 0. The van der Waals surface area contributed by atoms with Crippen LogP contribution in [0.3, 0.4) is 0 Å². The summed E-state index contributed by atoms with van der Waals surface area (Å²) in [6.07, 6.45) is 0. The van der Waals surface area contributed by atoms with Crippen molar-refractivity contribution in [2.24, 2.45) is 0 Å². The van der Waals surface area contributed by atoms with E-state index in [9.17, 15) is 0 Å². The fourth-order valence-electron chi connectivity index (χ4n) is 2.10. The minimum atomic E-state index is 0.845. The molecule has 0 aliphatic heterocycles. The summed E-state index contributed by atoms with van der Waals surface area (Å²) in [5.41, 5.74) is 1.97. The number of hydrogen-bond acceptors (Lipinski definition) is 6. The standard InChI is InChI=1S/C15H11N3OS2/c1-19-9-6-7-11-13(8-9)21-15(17-11)18-14-16-10-4-2-3-5-12(10)20-14/h2-8H,1H3,(H,16,17,18). The predicted octanol–water partition coefficient (Wildman–Crippen LogP) is 4.66. The molecule has 21 heavy (non-hydrogen) atoms. The van der Waals surface area contributed by atoms with E-state index in [1.807, 2.05) is 36.4 Å². The largest absolute Gasteiger partial charge is 0.497 e. The number of nitrogens with one attached hydrogen (secondary N) is 1. The molecule has 0 bridgehead atoms. The number of methoxy groups -OCH3 is 1. The summed E-state index contributed by atoms with van der Waals surface area (Å²) in [5, 5.41) is 5.00. The molecule has 0 unspecified atom stereocenters. The first-order chi connectivity index (χ1) is 10.3. The average Bonchev–Trinajstić information content (AvgIpc) is 3.08. The van der Waals surface area contributed by atoms with Gasteiger partial charge in [0, 0.05) is 0 Å². The molecule has 6 heteroatoms. The van der Waals surface area contributed by atoms with Crippen molar-refractivity contribution in [3.63, 3.8) is 0 Å². The van der Waals surface area contributed by atoms with Gasteiger partial charge >= 0.3 is 0 Å².